The zero-order valence-electron chi connectivity index (χ0n) is 11.7. The zero-order chi connectivity index (χ0) is 14.8. The van der Waals surface area contributed by atoms with E-state index in [1.165, 1.54) is 6.07 Å². The normalized spacial score (nSPS) is 16.2. The highest BCUT2D eigenvalue weighted by Gasteiger charge is 2.27. The molecule has 1 fully saturated rings. The second-order valence-electron chi connectivity index (χ2n) is 5.35. The fourth-order valence-corrected chi connectivity index (χ4v) is 2.30. The highest BCUT2D eigenvalue weighted by molar-refractivity contribution is 6.61. The Hall–Kier alpha value is -1.72. The van der Waals surface area contributed by atoms with E-state index in [1.54, 1.807) is 6.07 Å². The number of rotatable bonds is 2. The smallest absolute Gasteiger partial charge is 0.407 e. The maximum Gasteiger partial charge on any atom is 0.493 e. The molecule has 2 nitrogen and oxygen atoms in total. The van der Waals surface area contributed by atoms with Gasteiger partial charge in [-0.05, 0) is 34.6 Å². The highest BCUT2D eigenvalue weighted by Crippen LogP contribution is 2.21. The predicted molar refractivity (Wildman–Crippen MR) is 78.3 cm³/mol. The van der Waals surface area contributed by atoms with Crippen molar-refractivity contribution in [3.63, 3.8) is 0 Å². The molecule has 0 radical (unpaired) electrons. The molecule has 0 bridgehead atoms. The topological polar surface area (TPSA) is 18.5 Å². The van der Waals surface area contributed by atoms with Crippen LogP contribution in [0.15, 0.2) is 42.5 Å². The second-order valence-corrected chi connectivity index (χ2v) is 5.35. The van der Waals surface area contributed by atoms with Crippen molar-refractivity contribution < 1.29 is 18.1 Å². The van der Waals surface area contributed by atoms with Crippen molar-refractivity contribution >= 4 is 12.6 Å². The first-order valence-corrected chi connectivity index (χ1v) is 6.92. The average Bonchev–Trinajstić information content (AvgIpc) is 2.51. The molecule has 0 saturated carbocycles. The molecule has 21 heavy (non-hydrogen) atoms. The Bertz CT molecular complexity index is 623. The van der Waals surface area contributed by atoms with Crippen LogP contribution in [0, 0.1) is 17.6 Å². The minimum atomic E-state index is -0.843. The summed E-state index contributed by atoms with van der Waals surface area (Å²) in [4.78, 5) is 0. The lowest BCUT2D eigenvalue weighted by atomic mass is 9.77. The van der Waals surface area contributed by atoms with Crippen LogP contribution in [0.3, 0.4) is 0 Å². The van der Waals surface area contributed by atoms with Gasteiger partial charge < -0.3 is 9.31 Å². The third-order valence-corrected chi connectivity index (χ3v) is 3.50. The monoisotopic (exact) mass is 288 g/mol. The SMILES string of the molecule is CC1COB(c2ccc(-c3ccc(F)c(F)c3)cc2)OC1. The summed E-state index contributed by atoms with van der Waals surface area (Å²) in [5.41, 5.74) is 2.38. The van der Waals surface area contributed by atoms with Crippen LogP contribution in [-0.2, 0) is 9.31 Å². The van der Waals surface area contributed by atoms with Gasteiger partial charge in [0.2, 0.25) is 0 Å². The van der Waals surface area contributed by atoms with Crippen LogP contribution in [0.1, 0.15) is 6.92 Å². The van der Waals surface area contributed by atoms with E-state index < -0.39 is 11.6 Å². The standard InChI is InChI=1S/C16H15BF2O2/c1-11-9-20-17(21-10-11)14-5-2-12(3-6-14)13-4-7-15(18)16(19)8-13/h2-8,11H,9-10H2,1H3. The molecule has 5 heteroatoms. The summed E-state index contributed by atoms with van der Waals surface area (Å²) in [5, 5.41) is 0. The molecule has 0 N–H and O–H groups in total. The molecule has 3 rings (SSSR count). The van der Waals surface area contributed by atoms with Gasteiger partial charge in [-0.15, -0.1) is 0 Å². The molecule has 0 spiro atoms. The molecular formula is C16H15BF2O2. The zero-order valence-corrected chi connectivity index (χ0v) is 11.7. The Morgan fingerprint density at radius 3 is 2.14 bits per heavy atom. The Kier molecular flexibility index (Phi) is 4.04. The van der Waals surface area contributed by atoms with Crippen molar-refractivity contribution in [3.05, 3.63) is 54.1 Å². The van der Waals surface area contributed by atoms with Gasteiger partial charge in [0.1, 0.15) is 0 Å². The summed E-state index contributed by atoms with van der Waals surface area (Å²) < 4.78 is 37.5. The third-order valence-electron chi connectivity index (χ3n) is 3.50. The van der Waals surface area contributed by atoms with Gasteiger partial charge in [-0.3, -0.25) is 0 Å². The van der Waals surface area contributed by atoms with Gasteiger partial charge >= 0.3 is 7.12 Å². The first-order valence-electron chi connectivity index (χ1n) is 6.92. The van der Waals surface area contributed by atoms with E-state index in [9.17, 15) is 8.78 Å². The molecule has 2 aromatic rings. The molecule has 108 valence electrons. The fraction of sp³-hybridized carbons (Fsp3) is 0.250. The van der Waals surface area contributed by atoms with Crippen LogP contribution in [0.4, 0.5) is 8.78 Å². The van der Waals surface area contributed by atoms with E-state index in [4.69, 9.17) is 9.31 Å². The lowest BCUT2D eigenvalue weighted by molar-refractivity contribution is 0.0958. The van der Waals surface area contributed by atoms with Crippen LogP contribution in [-0.4, -0.2) is 20.3 Å². The summed E-state index contributed by atoms with van der Waals surface area (Å²) >= 11 is 0. The second kappa shape index (κ2) is 5.96. The molecule has 1 saturated heterocycles. The lowest BCUT2D eigenvalue weighted by Gasteiger charge is -2.24. The molecule has 1 aliphatic rings. The van der Waals surface area contributed by atoms with Gasteiger partial charge in [0.15, 0.2) is 11.6 Å². The van der Waals surface area contributed by atoms with Crippen molar-refractivity contribution in [2.75, 3.05) is 13.2 Å². The fourth-order valence-electron chi connectivity index (χ4n) is 2.30. The third kappa shape index (κ3) is 3.14. The Morgan fingerprint density at radius 1 is 0.905 bits per heavy atom. The van der Waals surface area contributed by atoms with E-state index in [0.29, 0.717) is 24.7 Å². The van der Waals surface area contributed by atoms with Gasteiger partial charge in [0.25, 0.3) is 0 Å². The summed E-state index contributed by atoms with van der Waals surface area (Å²) in [5.74, 6) is -1.28. The van der Waals surface area contributed by atoms with E-state index in [1.807, 2.05) is 24.3 Å². The maximum absolute atomic E-state index is 13.3. The molecular weight excluding hydrogens is 273 g/mol. The van der Waals surface area contributed by atoms with E-state index >= 15 is 0 Å². The van der Waals surface area contributed by atoms with Crippen molar-refractivity contribution in [1.82, 2.24) is 0 Å². The minimum Gasteiger partial charge on any atom is -0.407 e. The molecule has 0 amide bonds. The molecule has 0 aromatic heterocycles. The van der Waals surface area contributed by atoms with Crippen LogP contribution < -0.4 is 5.46 Å². The van der Waals surface area contributed by atoms with Crippen LogP contribution >= 0.6 is 0 Å². The molecule has 1 heterocycles. The van der Waals surface area contributed by atoms with Gasteiger partial charge in [-0.1, -0.05) is 37.3 Å². The Balaban J connectivity index is 1.79. The summed E-state index contributed by atoms with van der Waals surface area (Å²) in [6.07, 6.45) is 0. The number of halogens is 2. The maximum atomic E-state index is 13.3. The molecule has 0 atom stereocenters. The van der Waals surface area contributed by atoms with Gasteiger partial charge in [0, 0.05) is 13.2 Å². The molecule has 2 aromatic carbocycles. The van der Waals surface area contributed by atoms with Crippen LogP contribution in [0.5, 0.6) is 0 Å². The van der Waals surface area contributed by atoms with Crippen LogP contribution in [0.25, 0.3) is 11.1 Å². The Labute approximate surface area is 122 Å². The lowest BCUT2D eigenvalue weighted by Crippen LogP contribution is -2.43. The largest absolute Gasteiger partial charge is 0.493 e. The summed E-state index contributed by atoms with van der Waals surface area (Å²) in [7, 11) is -0.347. The van der Waals surface area contributed by atoms with Gasteiger partial charge in [-0.2, -0.15) is 0 Å². The average molecular weight is 288 g/mol. The molecule has 0 aliphatic carbocycles. The quantitative estimate of drug-likeness (QED) is 0.791. The number of hydrogen-bond donors (Lipinski definition) is 0. The van der Waals surface area contributed by atoms with Crippen molar-refractivity contribution in [2.24, 2.45) is 5.92 Å². The van der Waals surface area contributed by atoms with E-state index in [0.717, 1.165) is 17.1 Å². The summed E-state index contributed by atoms with van der Waals surface area (Å²) in [6, 6.07) is 11.4. The first-order chi connectivity index (χ1) is 10.1. The van der Waals surface area contributed by atoms with Crippen molar-refractivity contribution in [3.8, 4) is 11.1 Å². The van der Waals surface area contributed by atoms with Gasteiger partial charge in [-0.25, -0.2) is 8.78 Å². The van der Waals surface area contributed by atoms with Crippen molar-refractivity contribution in [1.29, 1.82) is 0 Å². The van der Waals surface area contributed by atoms with E-state index in [-0.39, 0.29) is 7.12 Å². The number of hydrogen-bond acceptors (Lipinski definition) is 2. The highest BCUT2D eigenvalue weighted by atomic mass is 19.2. The molecule has 1 aliphatic heterocycles. The minimum absolute atomic E-state index is 0.347. The molecule has 0 unspecified atom stereocenters. The van der Waals surface area contributed by atoms with E-state index in [2.05, 4.69) is 6.92 Å². The van der Waals surface area contributed by atoms with Crippen LogP contribution in [0.2, 0.25) is 0 Å². The van der Waals surface area contributed by atoms with Crippen molar-refractivity contribution in [2.45, 2.75) is 6.92 Å². The number of benzene rings is 2. The Morgan fingerprint density at radius 2 is 1.52 bits per heavy atom. The first kappa shape index (κ1) is 14.2. The van der Waals surface area contributed by atoms with Gasteiger partial charge in [0.05, 0.1) is 0 Å². The summed E-state index contributed by atoms with van der Waals surface area (Å²) in [6.45, 7) is 3.42. The predicted octanol–water partition coefficient (Wildman–Crippen LogP) is 3.01.